The summed E-state index contributed by atoms with van der Waals surface area (Å²) >= 11 is 1.59. The van der Waals surface area contributed by atoms with Gasteiger partial charge in [-0.1, -0.05) is 79.7 Å². The molecule has 4 rings (SSSR count). The van der Waals surface area contributed by atoms with Crippen molar-refractivity contribution in [3.8, 4) is 0 Å². The van der Waals surface area contributed by atoms with Gasteiger partial charge in [0.2, 0.25) is 0 Å². The number of nitrogens with zero attached hydrogens (tertiary/aromatic N) is 1. The molecule has 1 aromatic heterocycles. The lowest BCUT2D eigenvalue weighted by Crippen LogP contribution is -2.49. The largest absolute Gasteiger partial charge is 0.413 e. The molecule has 3 fully saturated rings. The van der Waals surface area contributed by atoms with Crippen LogP contribution in [0.15, 0.2) is 40.8 Å². The molecule has 0 aromatic carbocycles. The van der Waals surface area contributed by atoms with Crippen molar-refractivity contribution in [2.45, 2.75) is 175 Å². The van der Waals surface area contributed by atoms with Gasteiger partial charge in [-0.25, -0.2) is 4.98 Å². The third kappa shape index (κ3) is 8.73. The molecule has 1 heterocycles. The van der Waals surface area contributed by atoms with Gasteiger partial charge in [0, 0.05) is 17.5 Å². The fourth-order valence-corrected chi connectivity index (χ4v) is 11.7. The maximum absolute atomic E-state index is 10.8. The first-order valence-electron chi connectivity index (χ1n) is 18.6. The summed E-state index contributed by atoms with van der Waals surface area (Å²) in [6, 6.07) is 0. The molecule has 47 heavy (non-hydrogen) atoms. The minimum Gasteiger partial charge on any atom is -0.413 e. The predicted molar refractivity (Wildman–Crippen MR) is 207 cm³/mol. The molecule has 7 heteroatoms. The van der Waals surface area contributed by atoms with E-state index in [4.69, 9.17) is 15.4 Å². The van der Waals surface area contributed by atoms with Crippen LogP contribution in [0.5, 0.6) is 0 Å². The van der Waals surface area contributed by atoms with Crippen molar-refractivity contribution in [2.24, 2.45) is 23.2 Å². The van der Waals surface area contributed by atoms with Crippen LogP contribution in [0, 0.1) is 30.1 Å². The number of fused-ring (bicyclic) bond motifs is 1. The number of aryl methyl sites for hydroxylation is 1. The summed E-state index contributed by atoms with van der Waals surface area (Å²) in [5.74, 6) is 1.93. The molecule has 3 aliphatic carbocycles. The van der Waals surface area contributed by atoms with Crippen LogP contribution in [0.25, 0.3) is 0 Å². The molecule has 0 aliphatic heterocycles. The molecular formula is C40H69NO3SSi2. The Labute approximate surface area is 295 Å². The summed E-state index contributed by atoms with van der Waals surface area (Å²) in [6.45, 7) is 35.2. The van der Waals surface area contributed by atoms with Crippen LogP contribution in [0.2, 0.25) is 36.3 Å². The van der Waals surface area contributed by atoms with Crippen LogP contribution in [0.3, 0.4) is 0 Å². The Morgan fingerprint density at radius 3 is 2.28 bits per heavy atom. The van der Waals surface area contributed by atoms with Gasteiger partial charge in [-0.15, -0.1) is 11.3 Å². The second-order valence-electron chi connectivity index (χ2n) is 18.8. The van der Waals surface area contributed by atoms with Gasteiger partial charge in [0.15, 0.2) is 16.6 Å². The minimum atomic E-state index is -1.99. The summed E-state index contributed by atoms with van der Waals surface area (Å²) < 4.78 is 14.2. The SMILES string of the molecule is C=C1/C(=C\C=C2/CCC[C@]3(C)[C@@H]([C@H](C)CCC(O)c4nc(C)cs4)CC[C@@H]23)C[C@@H](O[Si](C)(C)C(C)(C)C)C[C@@H]1O[Si](C)(C)C(C)(C)C. The Kier molecular flexibility index (Phi) is 12.0. The smallest absolute Gasteiger partial charge is 0.192 e. The number of thiazole rings is 1. The molecule has 4 nitrogen and oxygen atoms in total. The number of hydrogen-bond acceptors (Lipinski definition) is 5. The molecule has 1 N–H and O–H groups in total. The van der Waals surface area contributed by atoms with Crippen molar-refractivity contribution in [1.29, 1.82) is 0 Å². The quantitative estimate of drug-likeness (QED) is 0.247. The van der Waals surface area contributed by atoms with Gasteiger partial charge in [-0.2, -0.15) is 0 Å². The van der Waals surface area contributed by atoms with Crippen molar-refractivity contribution in [2.75, 3.05) is 0 Å². The van der Waals surface area contributed by atoms with E-state index in [1.54, 1.807) is 16.9 Å². The van der Waals surface area contributed by atoms with Crippen LogP contribution in [-0.4, -0.2) is 38.9 Å². The van der Waals surface area contributed by atoms with Crippen LogP contribution in [0.1, 0.15) is 130 Å². The van der Waals surface area contributed by atoms with Crippen molar-refractivity contribution in [3.63, 3.8) is 0 Å². The van der Waals surface area contributed by atoms with Crippen LogP contribution >= 0.6 is 11.3 Å². The number of aromatic nitrogens is 1. The van der Waals surface area contributed by atoms with E-state index >= 15 is 0 Å². The third-order valence-electron chi connectivity index (χ3n) is 13.3. The Morgan fingerprint density at radius 2 is 1.68 bits per heavy atom. The highest BCUT2D eigenvalue weighted by Gasteiger charge is 2.51. The van der Waals surface area contributed by atoms with E-state index in [9.17, 15) is 5.11 Å². The topological polar surface area (TPSA) is 51.6 Å². The highest BCUT2D eigenvalue weighted by molar-refractivity contribution is 7.09. The first-order chi connectivity index (χ1) is 21.6. The molecule has 3 aliphatic rings. The zero-order valence-electron chi connectivity index (χ0n) is 32.4. The van der Waals surface area contributed by atoms with E-state index in [0.717, 1.165) is 36.4 Å². The number of allylic oxidation sites excluding steroid dienone is 3. The fourth-order valence-electron chi connectivity index (χ4n) is 8.25. The normalized spacial score (nSPS) is 31.0. The number of aliphatic hydroxyl groups excluding tert-OH is 1. The zero-order chi connectivity index (χ0) is 35.2. The number of rotatable bonds is 10. The van der Waals surface area contributed by atoms with Gasteiger partial charge in [0.05, 0.1) is 12.2 Å². The Hall–Kier alpha value is -0.836. The van der Waals surface area contributed by atoms with E-state index in [2.05, 4.69) is 98.7 Å². The predicted octanol–water partition coefficient (Wildman–Crippen LogP) is 12.1. The van der Waals surface area contributed by atoms with E-state index in [-0.39, 0.29) is 22.3 Å². The lowest BCUT2D eigenvalue weighted by molar-refractivity contribution is 0.0824. The van der Waals surface area contributed by atoms with Crippen LogP contribution in [-0.2, 0) is 8.85 Å². The Morgan fingerprint density at radius 1 is 1.04 bits per heavy atom. The van der Waals surface area contributed by atoms with E-state index in [1.807, 2.05) is 12.3 Å². The molecule has 0 amide bonds. The van der Waals surface area contributed by atoms with Crippen molar-refractivity contribution in [1.82, 2.24) is 4.98 Å². The second kappa shape index (κ2) is 14.4. The zero-order valence-corrected chi connectivity index (χ0v) is 35.2. The molecule has 0 saturated heterocycles. The lowest BCUT2D eigenvalue weighted by atomic mass is 9.60. The van der Waals surface area contributed by atoms with Crippen molar-refractivity contribution >= 4 is 28.0 Å². The molecule has 0 bridgehead atoms. The average molecular weight is 700 g/mol. The van der Waals surface area contributed by atoms with Gasteiger partial charge >= 0.3 is 0 Å². The average Bonchev–Trinajstić information content (AvgIpc) is 3.54. The molecule has 3 saturated carbocycles. The highest BCUT2D eigenvalue weighted by atomic mass is 32.1. The third-order valence-corrected chi connectivity index (χ3v) is 23.4. The maximum atomic E-state index is 10.8. The molecule has 0 radical (unpaired) electrons. The van der Waals surface area contributed by atoms with Crippen molar-refractivity contribution in [3.05, 3.63) is 51.5 Å². The maximum Gasteiger partial charge on any atom is 0.192 e. The summed E-state index contributed by atoms with van der Waals surface area (Å²) in [5, 5.41) is 14.1. The number of hydrogen-bond donors (Lipinski definition) is 1. The highest BCUT2D eigenvalue weighted by Crippen LogP contribution is 2.60. The molecule has 1 unspecified atom stereocenters. The lowest BCUT2D eigenvalue weighted by Gasteiger charge is -2.46. The first kappa shape index (κ1) is 39.0. The first-order valence-corrected chi connectivity index (χ1v) is 25.3. The van der Waals surface area contributed by atoms with Gasteiger partial charge in [-0.3, -0.25) is 0 Å². The van der Waals surface area contributed by atoms with Crippen LogP contribution in [0.4, 0.5) is 0 Å². The van der Waals surface area contributed by atoms with E-state index in [1.165, 1.54) is 43.3 Å². The number of aliphatic hydroxyl groups is 1. The van der Waals surface area contributed by atoms with Gasteiger partial charge in [0.1, 0.15) is 11.1 Å². The summed E-state index contributed by atoms with van der Waals surface area (Å²) in [4.78, 5) is 4.54. The fraction of sp³-hybridized carbons (Fsp3) is 0.775. The minimum absolute atomic E-state index is 0.0148. The van der Waals surface area contributed by atoms with Gasteiger partial charge in [0.25, 0.3) is 0 Å². The standard InChI is InChI=1S/C40H69NO3SSi2/c1-27(17-22-35(42)37-41-28(2)26-45-37)33-20-21-34-30(16-15-23-40(33,34)10)18-19-31-24-32(43-46(11,12)38(4,5)6)25-36(29(31)3)44-47(13,14)39(7,8)9/h18-19,26-27,32-36,42H,3,15-17,20-25H2,1-2,4-14H3/b30-18+,31-19-/t27-,32-,33-,34+,35?,36+,40-/m1/s1. The Bertz CT molecular complexity index is 1320. The van der Waals surface area contributed by atoms with Crippen LogP contribution < -0.4 is 0 Å². The summed E-state index contributed by atoms with van der Waals surface area (Å²) in [5.41, 5.74) is 5.48. The van der Waals surface area contributed by atoms with Crippen molar-refractivity contribution < 1.29 is 14.0 Å². The van der Waals surface area contributed by atoms with E-state index < -0.39 is 22.7 Å². The Balaban J connectivity index is 1.54. The van der Waals surface area contributed by atoms with Gasteiger partial charge < -0.3 is 14.0 Å². The molecule has 1 aromatic rings. The molecule has 7 atom stereocenters. The summed E-state index contributed by atoms with van der Waals surface area (Å²) in [7, 11) is -3.93. The summed E-state index contributed by atoms with van der Waals surface area (Å²) in [6.07, 6.45) is 14.7. The monoisotopic (exact) mass is 699 g/mol. The van der Waals surface area contributed by atoms with E-state index in [0.29, 0.717) is 23.2 Å². The molecule has 266 valence electrons. The van der Waals surface area contributed by atoms with Gasteiger partial charge in [-0.05, 0) is 129 Å². The molecule has 0 spiro atoms. The second-order valence-corrected chi connectivity index (χ2v) is 29.2. The molecular weight excluding hydrogens is 631 g/mol.